The molecule has 33 heavy (non-hydrogen) atoms. The largest absolute Gasteiger partial charge is 0.457 e. The Morgan fingerprint density at radius 1 is 1.18 bits per heavy atom. The molecule has 170 valence electrons. The highest BCUT2D eigenvalue weighted by atomic mass is 32.2. The molecule has 0 aliphatic rings. The zero-order valence-electron chi connectivity index (χ0n) is 17.6. The molecule has 4 rings (SSSR count). The summed E-state index contributed by atoms with van der Waals surface area (Å²) in [4.78, 5) is 21.3. The number of H-pyrrole nitrogens is 1. The van der Waals surface area contributed by atoms with Crippen LogP contribution in [0.5, 0.6) is 11.5 Å². The first-order valence-corrected chi connectivity index (χ1v) is 12.3. The number of amides is 1. The molecule has 13 heteroatoms. The number of sulfone groups is 1. The molecule has 3 heterocycles. The number of benzene rings is 1. The van der Waals surface area contributed by atoms with Gasteiger partial charge in [-0.05, 0) is 36.0 Å². The molecule has 0 bridgehead atoms. The molecule has 4 aromatic rings. The van der Waals surface area contributed by atoms with Crippen molar-refractivity contribution in [3.8, 4) is 11.5 Å². The van der Waals surface area contributed by atoms with Gasteiger partial charge < -0.3 is 10.1 Å². The van der Waals surface area contributed by atoms with Crippen LogP contribution in [0.3, 0.4) is 0 Å². The number of hydrogen-bond donors (Lipinski definition) is 2. The molecule has 1 amide bonds. The van der Waals surface area contributed by atoms with Gasteiger partial charge in [0.2, 0.25) is 5.91 Å². The van der Waals surface area contributed by atoms with Crippen LogP contribution in [0.25, 0.3) is 0 Å². The maximum Gasteiger partial charge on any atom is 0.231 e. The summed E-state index contributed by atoms with van der Waals surface area (Å²) >= 11 is 1.23. The summed E-state index contributed by atoms with van der Waals surface area (Å²) in [7, 11) is -1.55. The smallest absolute Gasteiger partial charge is 0.231 e. The Labute approximate surface area is 193 Å². The number of aromatic nitrogens is 6. The minimum atomic E-state index is -3.31. The zero-order chi connectivity index (χ0) is 23.4. The van der Waals surface area contributed by atoms with Crippen LogP contribution in [0.15, 0.2) is 70.1 Å². The molecular formula is C20H19N7O4S2. The minimum absolute atomic E-state index is 0.00917. The van der Waals surface area contributed by atoms with Crippen molar-refractivity contribution in [2.45, 2.75) is 21.5 Å². The number of pyridine rings is 1. The number of hydrogen-bond acceptors (Lipinski definition) is 9. The van der Waals surface area contributed by atoms with E-state index in [9.17, 15) is 13.2 Å². The van der Waals surface area contributed by atoms with Crippen molar-refractivity contribution in [3.63, 3.8) is 0 Å². The Balaban J connectivity index is 1.56. The summed E-state index contributed by atoms with van der Waals surface area (Å²) in [6.07, 6.45) is 4.24. The highest BCUT2D eigenvalue weighted by Crippen LogP contribution is 2.30. The van der Waals surface area contributed by atoms with E-state index in [1.54, 1.807) is 48.3 Å². The van der Waals surface area contributed by atoms with Crippen LogP contribution < -0.4 is 10.1 Å². The minimum Gasteiger partial charge on any atom is -0.457 e. The molecular weight excluding hydrogens is 466 g/mol. The van der Waals surface area contributed by atoms with Crippen LogP contribution in [0.4, 0.5) is 5.82 Å². The molecule has 11 nitrogen and oxygen atoms in total. The van der Waals surface area contributed by atoms with Crippen molar-refractivity contribution < 1.29 is 17.9 Å². The van der Waals surface area contributed by atoms with Gasteiger partial charge in [0.25, 0.3) is 0 Å². The first-order chi connectivity index (χ1) is 15.7. The van der Waals surface area contributed by atoms with Crippen LogP contribution in [-0.4, -0.2) is 50.5 Å². The van der Waals surface area contributed by atoms with Gasteiger partial charge >= 0.3 is 0 Å². The topological polar surface area (TPSA) is 145 Å². The van der Waals surface area contributed by atoms with Crippen LogP contribution in [0, 0.1) is 0 Å². The molecule has 3 aromatic heterocycles. The number of carbonyl (C=O) groups excluding carboxylic acids is 1. The van der Waals surface area contributed by atoms with E-state index >= 15 is 0 Å². The fourth-order valence-corrected chi connectivity index (χ4v) is 4.17. The van der Waals surface area contributed by atoms with Crippen molar-refractivity contribution in [1.29, 1.82) is 0 Å². The SMILES string of the molecule is Cn1ccc(NC(=O)Cc2cc(Oc3ccc(S(C)(=O)=O)cc3)cc(Sc3ncn[nH]3)n2)n1. The van der Waals surface area contributed by atoms with Crippen molar-refractivity contribution >= 4 is 33.3 Å². The van der Waals surface area contributed by atoms with Gasteiger partial charge in [-0.1, -0.05) is 0 Å². The van der Waals surface area contributed by atoms with E-state index in [2.05, 4.69) is 30.6 Å². The molecule has 0 aliphatic heterocycles. The molecule has 0 fully saturated rings. The average molecular weight is 486 g/mol. The zero-order valence-corrected chi connectivity index (χ0v) is 19.2. The Morgan fingerprint density at radius 3 is 2.61 bits per heavy atom. The van der Waals surface area contributed by atoms with Gasteiger partial charge in [-0.3, -0.25) is 14.6 Å². The summed E-state index contributed by atoms with van der Waals surface area (Å²) in [6, 6.07) is 11.1. The van der Waals surface area contributed by atoms with Crippen molar-refractivity contribution in [1.82, 2.24) is 29.9 Å². The van der Waals surface area contributed by atoms with Gasteiger partial charge in [-0.25, -0.2) is 18.4 Å². The van der Waals surface area contributed by atoms with Crippen LogP contribution in [0.1, 0.15) is 5.69 Å². The maximum atomic E-state index is 12.5. The predicted octanol–water partition coefficient (Wildman–Crippen LogP) is 2.46. The van der Waals surface area contributed by atoms with E-state index in [4.69, 9.17) is 4.74 Å². The third kappa shape index (κ3) is 6.17. The molecule has 0 spiro atoms. The second-order valence-corrected chi connectivity index (χ2v) is 10.00. The Bertz CT molecular complexity index is 1370. The third-order valence-electron chi connectivity index (χ3n) is 4.23. The van der Waals surface area contributed by atoms with Crippen molar-refractivity contribution in [2.24, 2.45) is 7.05 Å². The number of ether oxygens (including phenoxy) is 1. The lowest BCUT2D eigenvalue weighted by Gasteiger charge is -2.10. The summed E-state index contributed by atoms with van der Waals surface area (Å²) in [6.45, 7) is 0. The van der Waals surface area contributed by atoms with Crippen molar-refractivity contribution in [3.05, 3.63) is 60.7 Å². The van der Waals surface area contributed by atoms with Crippen LogP contribution in [0.2, 0.25) is 0 Å². The maximum absolute atomic E-state index is 12.5. The average Bonchev–Trinajstić information content (AvgIpc) is 3.39. The molecule has 0 unspecified atom stereocenters. The highest BCUT2D eigenvalue weighted by molar-refractivity contribution is 7.99. The van der Waals surface area contributed by atoms with E-state index in [0.29, 0.717) is 33.2 Å². The quantitative estimate of drug-likeness (QED) is 0.384. The van der Waals surface area contributed by atoms with Gasteiger partial charge in [0.1, 0.15) is 22.9 Å². The second kappa shape index (κ2) is 9.42. The Kier molecular flexibility index (Phi) is 6.42. The molecule has 0 radical (unpaired) electrons. The first-order valence-electron chi connectivity index (χ1n) is 9.56. The monoisotopic (exact) mass is 485 g/mol. The molecule has 0 saturated heterocycles. The number of nitrogens with zero attached hydrogens (tertiary/aromatic N) is 5. The molecule has 0 aliphatic carbocycles. The fraction of sp³-hybridized carbons (Fsp3) is 0.150. The highest BCUT2D eigenvalue weighted by Gasteiger charge is 2.13. The van der Waals surface area contributed by atoms with E-state index in [1.807, 2.05) is 0 Å². The number of nitrogens with one attached hydrogen (secondary N) is 2. The summed E-state index contributed by atoms with van der Waals surface area (Å²) in [5, 5.41) is 14.5. The van der Waals surface area contributed by atoms with Crippen LogP contribution >= 0.6 is 11.8 Å². The van der Waals surface area contributed by atoms with Gasteiger partial charge in [0.05, 0.1) is 17.0 Å². The fourth-order valence-electron chi connectivity index (χ4n) is 2.80. The van der Waals surface area contributed by atoms with E-state index < -0.39 is 9.84 Å². The van der Waals surface area contributed by atoms with Gasteiger partial charge in [-0.2, -0.15) is 10.2 Å². The van der Waals surface area contributed by atoms with E-state index in [-0.39, 0.29) is 17.2 Å². The van der Waals surface area contributed by atoms with Gasteiger partial charge in [0, 0.05) is 37.7 Å². The molecule has 2 N–H and O–H groups in total. The lowest BCUT2D eigenvalue weighted by molar-refractivity contribution is -0.115. The predicted molar refractivity (Wildman–Crippen MR) is 120 cm³/mol. The standard InChI is InChI=1S/C20H19N7O4S2/c1-27-8-7-17(26-27)24-18(28)10-13-9-15(11-19(23-13)32-20-21-12-22-25-20)31-14-3-5-16(6-4-14)33(2,29)30/h3-9,11-12H,10H2,1-2H3,(H,21,22,25)(H,24,26,28). The lowest BCUT2D eigenvalue weighted by Crippen LogP contribution is -2.16. The molecule has 0 atom stereocenters. The van der Waals surface area contributed by atoms with E-state index in [0.717, 1.165) is 6.26 Å². The Hall–Kier alpha value is -3.71. The lowest BCUT2D eigenvalue weighted by atomic mass is 10.2. The molecule has 1 aromatic carbocycles. The normalized spacial score (nSPS) is 11.3. The third-order valence-corrected chi connectivity index (χ3v) is 6.17. The van der Waals surface area contributed by atoms with Crippen LogP contribution in [-0.2, 0) is 28.1 Å². The number of anilines is 1. The molecule has 0 saturated carbocycles. The number of rotatable bonds is 8. The van der Waals surface area contributed by atoms with Gasteiger partial charge in [-0.15, -0.1) is 0 Å². The first kappa shape index (κ1) is 22.5. The summed E-state index contributed by atoms with van der Waals surface area (Å²) < 4.78 is 30.8. The summed E-state index contributed by atoms with van der Waals surface area (Å²) in [5.41, 5.74) is 0.468. The summed E-state index contributed by atoms with van der Waals surface area (Å²) in [5.74, 6) is 1.02. The van der Waals surface area contributed by atoms with Gasteiger partial charge in [0.15, 0.2) is 20.8 Å². The van der Waals surface area contributed by atoms with E-state index in [1.165, 1.54) is 30.2 Å². The second-order valence-electron chi connectivity index (χ2n) is 6.97. The number of aryl methyl sites for hydroxylation is 1. The number of carbonyl (C=O) groups is 1. The number of aromatic amines is 1. The van der Waals surface area contributed by atoms with Crippen molar-refractivity contribution in [2.75, 3.05) is 11.6 Å². The Morgan fingerprint density at radius 2 is 1.97 bits per heavy atom.